The van der Waals surface area contributed by atoms with Crippen LogP contribution in [0.15, 0.2) is 18.2 Å². The van der Waals surface area contributed by atoms with Crippen LogP contribution < -0.4 is 5.32 Å². The maximum atomic E-state index is 13.5. The fourth-order valence-corrected chi connectivity index (χ4v) is 2.78. The molecular weight excluding hydrogens is 278 g/mol. The van der Waals surface area contributed by atoms with E-state index in [-0.39, 0.29) is 18.3 Å². The van der Waals surface area contributed by atoms with Gasteiger partial charge in [0.05, 0.1) is 17.8 Å². The van der Waals surface area contributed by atoms with Crippen LogP contribution in [0, 0.1) is 11.6 Å². The van der Waals surface area contributed by atoms with E-state index in [9.17, 15) is 18.7 Å². The number of nitrogens with zero attached hydrogens (tertiary/aromatic N) is 1. The minimum absolute atomic E-state index is 0.0462. The molecule has 21 heavy (non-hydrogen) atoms. The van der Waals surface area contributed by atoms with Gasteiger partial charge < -0.3 is 10.4 Å². The van der Waals surface area contributed by atoms with Crippen molar-refractivity contribution < 1.29 is 18.7 Å². The zero-order valence-electron chi connectivity index (χ0n) is 12.2. The molecule has 1 fully saturated rings. The summed E-state index contributed by atoms with van der Waals surface area (Å²) in [5.41, 5.74) is -1.07. The molecule has 1 atom stereocenters. The van der Waals surface area contributed by atoms with Crippen LogP contribution in [0.1, 0.15) is 26.7 Å². The lowest BCUT2D eigenvalue weighted by Gasteiger charge is -2.33. The van der Waals surface area contributed by atoms with E-state index in [4.69, 9.17) is 0 Å². The first kappa shape index (κ1) is 15.9. The van der Waals surface area contributed by atoms with Crippen molar-refractivity contribution >= 4 is 11.6 Å². The molecule has 0 radical (unpaired) electrons. The van der Waals surface area contributed by atoms with Gasteiger partial charge in [0.15, 0.2) is 0 Å². The SMILES string of the molecule is CC(C)(O)C1CCCN1CC(=O)Nc1cc(F)ccc1F. The molecule has 1 aliphatic rings. The van der Waals surface area contributed by atoms with Crippen LogP contribution in [0.2, 0.25) is 0 Å². The van der Waals surface area contributed by atoms with Gasteiger partial charge in [0.1, 0.15) is 11.6 Å². The van der Waals surface area contributed by atoms with Crippen LogP contribution in [0.5, 0.6) is 0 Å². The largest absolute Gasteiger partial charge is 0.389 e. The molecule has 1 aromatic carbocycles. The minimum Gasteiger partial charge on any atom is -0.389 e. The summed E-state index contributed by atoms with van der Waals surface area (Å²) in [6, 6.07) is 2.81. The molecule has 0 bridgehead atoms. The predicted octanol–water partition coefficient (Wildman–Crippen LogP) is 2.14. The van der Waals surface area contributed by atoms with Gasteiger partial charge in [-0.25, -0.2) is 8.78 Å². The molecule has 1 aromatic rings. The molecule has 1 amide bonds. The Labute approximate surface area is 122 Å². The van der Waals surface area contributed by atoms with Gasteiger partial charge in [0.2, 0.25) is 5.91 Å². The number of aliphatic hydroxyl groups is 1. The number of carbonyl (C=O) groups is 1. The third-order valence-corrected chi connectivity index (χ3v) is 3.73. The highest BCUT2D eigenvalue weighted by molar-refractivity contribution is 5.92. The Morgan fingerprint density at radius 2 is 2.19 bits per heavy atom. The standard InChI is InChI=1S/C15H20F2N2O2/c1-15(2,21)13-4-3-7-19(13)9-14(20)18-12-8-10(16)5-6-11(12)17/h5-6,8,13,21H,3-4,7,9H2,1-2H3,(H,18,20). The van der Waals surface area contributed by atoms with Crippen LogP contribution in [-0.4, -0.2) is 40.6 Å². The Balaban J connectivity index is 2.00. The minimum atomic E-state index is -0.902. The van der Waals surface area contributed by atoms with Crippen molar-refractivity contribution in [2.75, 3.05) is 18.4 Å². The van der Waals surface area contributed by atoms with E-state index in [0.717, 1.165) is 31.0 Å². The lowest BCUT2D eigenvalue weighted by Crippen LogP contribution is -2.48. The Morgan fingerprint density at radius 3 is 2.86 bits per heavy atom. The smallest absolute Gasteiger partial charge is 0.238 e. The van der Waals surface area contributed by atoms with Crippen LogP contribution in [0.3, 0.4) is 0 Å². The van der Waals surface area contributed by atoms with E-state index >= 15 is 0 Å². The van der Waals surface area contributed by atoms with Crippen molar-refractivity contribution in [3.63, 3.8) is 0 Å². The number of nitrogens with one attached hydrogen (secondary N) is 1. The lowest BCUT2D eigenvalue weighted by atomic mass is 9.97. The van der Waals surface area contributed by atoms with Gasteiger partial charge in [-0.05, 0) is 45.4 Å². The number of halogens is 2. The van der Waals surface area contributed by atoms with Gasteiger partial charge in [0, 0.05) is 12.1 Å². The molecule has 0 saturated carbocycles. The number of likely N-dealkylation sites (tertiary alicyclic amines) is 1. The first-order valence-electron chi connectivity index (χ1n) is 6.98. The van der Waals surface area contributed by atoms with E-state index in [1.165, 1.54) is 0 Å². The fraction of sp³-hybridized carbons (Fsp3) is 0.533. The number of carbonyl (C=O) groups excluding carboxylic acids is 1. The number of amides is 1. The van der Waals surface area contributed by atoms with Crippen molar-refractivity contribution in [1.82, 2.24) is 4.90 Å². The van der Waals surface area contributed by atoms with Crippen molar-refractivity contribution in [1.29, 1.82) is 0 Å². The topological polar surface area (TPSA) is 52.6 Å². The average Bonchev–Trinajstić information content (AvgIpc) is 2.81. The van der Waals surface area contributed by atoms with Gasteiger partial charge in [-0.1, -0.05) is 0 Å². The van der Waals surface area contributed by atoms with Crippen LogP contribution >= 0.6 is 0 Å². The van der Waals surface area contributed by atoms with E-state index in [1.54, 1.807) is 13.8 Å². The van der Waals surface area contributed by atoms with E-state index < -0.39 is 23.1 Å². The molecule has 0 aliphatic carbocycles. The number of hydrogen-bond acceptors (Lipinski definition) is 3. The van der Waals surface area contributed by atoms with Crippen LogP contribution in [0.4, 0.5) is 14.5 Å². The Hall–Kier alpha value is -1.53. The lowest BCUT2D eigenvalue weighted by molar-refractivity contribution is -0.118. The predicted molar refractivity (Wildman–Crippen MR) is 75.9 cm³/mol. The van der Waals surface area contributed by atoms with Gasteiger partial charge in [-0.3, -0.25) is 9.69 Å². The van der Waals surface area contributed by atoms with Crippen LogP contribution in [-0.2, 0) is 4.79 Å². The van der Waals surface area contributed by atoms with E-state index in [2.05, 4.69) is 5.32 Å². The summed E-state index contributed by atoms with van der Waals surface area (Å²) in [7, 11) is 0. The molecule has 1 saturated heterocycles. The normalized spacial score (nSPS) is 19.8. The molecule has 1 aliphatic heterocycles. The summed E-state index contributed by atoms with van der Waals surface area (Å²) < 4.78 is 26.5. The summed E-state index contributed by atoms with van der Waals surface area (Å²) in [4.78, 5) is 13.8. The third-order valence-electron chi connectivity index (χ3n) is 3.73. The Bertz CT molecular complexity index is 529. The Morgan fingerprint density at radius 1 is 1.48 bits per heavy atom. The zero-order chi connectivity index (χ0) is 15.6. The van der Waals surface area contributed by atoms with Crippen molar-refractivity contribution in [2.24, 2.45) is 0 Å². The van der Waals surface area contributed by atoms with Gasteiger partial charge in [-0.15, -0.1) is 0 Å². The quantitative estimate of drug-likeness (QED) is 0.895. The maximum absolute atomic E-state index is 13.5. The highest BCUT2D eigenvalue weighted by Crippen LogP contribution is 2.26. The molecule has 0 aromatic heterocycles. The summed E-state index contributed by atoms with van der Waals surface area (Å²) in [5.74, 6) is -1.71. The number of rotatable bonds is 4. The highest BCUT2D eigenvalue weighted by atomic mass is 19.1. The van der Waals surface area contributed by atoms with Gasteiger partial charge in [-0.2, -0.15) is 0 Å². The van der Waals surface area contributed by atoms with Gasteiger partial charge >= 0.3 is 0 Å². The second-order valence-electron chi connectivity index (χ2n) is 5.95. The van der Waals surface area contributed by atoms with E-state index in [0.29, 0.717) is 6.54 Å². The Kier molecular flexibility index (Phi) is 4.58. The number of benzene rings is 1. The molecule has 1 heterocycles. The van der Waals surface area contributed by atoms with Crippen molar-refractivity contribution in [3.05, 3.63) is 29.8 Å². The molecule has 116 valence electrons. The third kappa shape index (κ3) is 3.98. The molecular formula is C15H20F2N2O2. The molecule has 2 rings (SSSR count). The maximum Gasteiger partial charge on any atom is 0.238 e. The summed E-state index contributed by atoms with van der Waals surface area (Å²) >= 11 is 0. The molecule has 1 unspecified atom stereocenters. The summed E-state index contributed by atoms with van der Waals surface area (Å²) in [5, 5.41) is 12.5. The fourth-order valence-electron chi connectivity index (χ4n) is 2.78. The molecule has 2 N–H and O–H groups in total. The molecule has 0 spiro atoms. The van der Waals surface area contributed by atoms with Crippen LogP contribution in [0.25, 0.3) is 0 Å². The van der Waals surface area contributed by atoms with Gasteiger partial charge in [0.25, 0.3) is 0 Å². The monoisotopic (exact) mass is 298 g/mol. The molecule has 6 heteroatoms. The van der Waals surface area contributed by atoms with Crippen molar-refractivity contribution in [3.8, 4) is 0 Å². The highest BCUT2D eigenvalue weighted by Gasteiger charge is 2.36. The zero-order valence-corrected chi connectivity index (χ0v) is 12.2. The number of anilines is 1. The molecule has 4 nitrogen and oxygen atoms in total. The van der Waals surface area contributed by atoms with Crippen molar-refractivity contribution in [2.45, 2.75) is 38.3 Å². The number of hydrogen-bond donors (Lipinski definition) is 2. The summed E-state index contributed by atoms with van der Waals surface area (Å²) in [6.45, 7) is 4.17. The average molecular weight is 298 g/mol. The summed E-state index contributed by atoms with van der Waals surface area (Å²) in [6.07, 6.45) is 1.71. The first-order chi connectivity index (χ1) is 9.77. The first-order valence-corrected chi connectivity index (χ1v) is 6.98. The van der Waals surface area contributed by atoms with E-state index in [1.807, 2.05) is 4.90 Å². The second-order valence-corrected chi connectivity index (χ2v) is 5.95. The second kappa shape index (κ2) is 6.07.